The van der Waals surface area contributed by atoms with E-state index in [0.717, 1.165) is 5.69 Å². The lowest BCUT2D eigenvalue weighted by molar-refractivity contribution is -0.594. The maximum Gasteiger partial charge on any atom is 0.246 e. The van der Waals surface area contributed by atoms with Gasteiger partial charge in [-0.25, -0.2) is 13.9 Å². The van der Waals surface area contributed by atoms with Gasteiger partial charge in [0.25, 0.3) is 0 Å². The monoisotopic (exact) mass is 163 g/mol. The number of H-pyrrole nitrogens is 1. The third kappa shape index (κ3) is 1.21. The summed E-state index contributed by atoms with van der Waals surface area (Å²) in [5, 5.41) is 0. The predicted molar refractivity (Wildman–Crippen MR) is 42.3 cm³/mol. The van der Waals surface area contributed by atoms with E-state index < -0.39 is 0 Å². The first-order chi connectivity index (χ1) is 5.86. The Morgan fingerprint density at radius 1 is 1.17 bits per heavy atom. The van der Waals surface area contributed by atoms with E-state index in [1.807, 2.05) is 17.0 Å². The molecule has 60 valence electrons. The molecule has 0 aliphatic carbocycles. The Hall–Kier alpha value is -1.64. The fraction of sp³-hybridized carbons (Fsp3) is 0. The van der Waals surface area contributed by atoms with Crippen molar-refractivity contribution in [3.05, 3.63) is 48.8 Å². The fourth-order valence-electron chi connectivity index (χ4n) is 1.06. The van der Waals surface area contributed by atoms with E-state index in [0.29, 0.717) is 0 Å². The minimum absolute atomic E-state index is 0.213. The number of nitrogens with one attached hydrogen (secondary N) is 1. The molecule has 0 bridgehead atoms. The molecule has 0 aliphatic rings. The molecule has 0 saturated heterocycles. The Labute approximate surface area is 69.3 Å². The summed E-state index contributed by atoms with van der Waals surface area (Å²) in [6.45, 7) is 0. The molecular formula is C9H8FN2+. The average molecular weight is 163 g/mol. The molecule has 0 unspecified atom stereocenters. The van der Waals surface area contributed by atoms with E-state index in [-0.39, 0.29) is 5.82 Å². The molecule has 1 N–H and O–H groups in total. The molecule has 2 rings (SSSR count). The highest BCUT2D eigenvalue weighted by atomic mass is 19.1. The van der Waals surface area contributed by atoms with Crippen molar-refractivity contribution in [2.45, 2.75) is 0 Å². The Morgan fingerprint density at radius 2 is 1.92 bits per heavy atom. The van der Waals surface area contributed by atoms with E-state index in [1.165, 1.54) is 12.1 Å². The molecule has 0 spiro atoms. The van der Waals surface area contributed by atoms with Crippen molar-refractivity contribution < 1.29 is 8.96 Å². The van der Waals surface area contributed by atoms with Crippen molar-refractivity contribution >= 4 is 0 Å². The van der Waals surface area contributed by atoms with Crippen molar-refractivity contribution in [1.29, 1.82) is 0 Å². The Balaban J connectivity index is 2.43. The summed E-state index contributed by atoms with van der Waals surface area (Å²) in [4.78, 5) is 2.91. The van der Waals surface area contributed by atoms with Crippen molar-refractivity contribution in [3.8, 4) is 5.69 Å². The summed E-state index contributed by atoms with van der Waals surface area (Å²) in [6.07, 6.45) is 5.48. The van der Waals surface area contributed by atoms with Crippen LogP contribution in [0.25, 0.3) is 5.69 Å². The second kappa shape index (κ2) is 2.77. The van der Waals surface area contributed by atoms with Crippen LogP contribution in [0.2, 0.25) is 0 Å². The van der Waals surface area contributed by atoms with Gasteiger partial charge in [0.1, 0.15) is 23.9 Å². The van der Waals surface area contributed by atoms with Crippen LogP contribution in [0.4, 0.5) is 4.39 Å². The van der Waals surface area contributed by atoms with E-state index in [1.54, 1.807) is 18.5 Å². The van der Waals surface area contributed by atoms with Crippen molar-refractivity contribution in [2.75, 3.05) is 0 Å². The third-order valence-corrected chi connectivity index (χ3v) is 1.67. The Bertz CT molecular complexity index is 351. The summed E-state index contributed by atoms with van der Waals surface area (Å²) < 4.78 is 14.4. The quantitative estimate of drug-likeness (QED) is 0.613. The van der Waals surface area contributed by atoms with Crippen molar-refractivity contribution in [1.82, 2.24) is 4.98 Å². The van der Waals surface area contributed by atoms with Crippen LogP contribution in [-0.2, 0) is 0 Å². The number of benzene rings is 1. The molecule has 0 saturated carbocycles. The number of rotatable bonds is 1. The second-order valence-corrected chi connectivity index (χ2v) is 2.50. The Kier molecular flexibility index (Phi) is 1.63. The number of halogens is 1. The van der Waals surface area contributed by atoms with Gasteiger partial charge in [0.2, 0.25) is 6.33 Å². The first kappa shape index (κ1) is 7.03. The summed E-state index contributed by atoms with van der Waals surface area (Å²) in [5.41, 5.74) is 0.942. The van der Waals surface area contributed by atoms with Gasteiger partial charge in [-0.05, 0) is 24.3 Å². The van der Waals surface area contributed by atoms with E-state index in [2.05, 4.69) is 4.98 Å². The summed E-state index contributed by atoms with van der Waals surface area (Å²) in [5.74, 6) is -0.213. The lowest BCUT2D eigenvalue weighted by Gasteiger charge is -1.93. The molecule has 2 aromatic rings. The van der Waals surface area contributed by atoms with Gasteiger partial charge in [-0.1, -0.05) is 0 Å². The van der Waals surface area contributed by atoms with E-state index in [9.17, 15) is 4.39 Å². The van der Waals surface area contributed by atoms with Gasteiger partial charge in [0.15, 0.2) is 0 Å². The van der Waals surface area contributed by atoms with E-state index in [4.69, 9.17) is 0 Å². The number of aromatic amines is 1. The SMILES string of the molecule is Fc1ccc(-[n+]2cc[nH]c2)cc1. The highest BCUT2D eigenvalue weighted by Gasteiger charge is 2.00. The topological polar surface area (TPSA) is 19.7 Å². The van der Waals surface area contributed by atoms with Crippen molar-refractivity contribution in [3.63, 3.8) is 0 Å². The number of hydrogen-bond donors (Lipinski definition) is 1. The molecule has 3 heteroatoms. The molecule has 1 heterocycles. The van der Waals surface area contributed by atoms with Crippen LogP contribution in [0.3, 0.4) is 0 Å². The van der Waals surface area contributed by atoms with Gasteiger partial charge in [-0.2, -0.15) is 0 Å². The predicted octanol–water partition coefficient (Wildman–Crippen LogP) is 1.43. The molecule has 0 aliphatic heterocycles. The van der Waals surface area contributed by atoms with Crippen molar-refractivity contribution in [2.24, 2.45) is 0 Å². The molecular weight excluding hydrogens is 155 g/mol. The number of hydrogen-bond acceptors (Lipinski definition) is 0. The van der Waals surface area contributed by atoms with Gasteiger partial charge in [-0.15, -0.1) is 0 Å². The molecule has 1 aromatic heterocycles. The van der Waals surface area contributed by atoms with Gasteiger partial charge >= 0.3 is 0 Å². The lowest BCUT2D eigenvalue weighted by atomic mass is 10.3. The summed E-state index contributed by atoms with van der Waals surface area (Å²) in [7, 11) is 0. The second-order valence-electron chi connectivity index (χ2n) is 2.50. The lowest BCUT2D eigenvalue weighted by Crippen LogP contribution is -2.26. The zero-order chi connectivity index (χ0) is 8.39. The maximum absolute atomic E-state index is 12.5. The minimum atomic E-state index is -0.213. The molecule has 0 atom stereocenters. The van der Waals surface area contributed by atoms with Gasteiger partial charge in [0, 0.05) is 0 Å². The van der Waals surface area contributed by atoms with E-state index >= 15 is 0 Å². The largest absolute Gasteiger partial charge is 0.250 e. The molecule has 0 amide bonds. The Morgan fingerprint density at radius 3 is 2.50 bits per heavy atom. The summed E-state index contributed by atoms with van der Waals surface area (Å²) in [6, 6.07) is 6.33. The molecule has 0 fully saturated rings. The van der Waals surface area contributed by atoms with Crippen LogP contribution in [-0.4, -0.2) is 4.98 Å². The zero-order valence-electron chi connectivity index (χ0n) is 6.37. The standard InChI is InChI=1S/C9H7FN2/c10-8-1-3-9(4-2-8)12-6-5-11-7-12/h1-7H/p+1. The smallest absolute Gasteiger partial charge is 0.246 e. The van der Waals surface area contributed by atoms with Crippen LogP contribution in [0.1, 0.15) is 0 Å². The minimum Gasteiger partial charge on any atom is -0.250 e. The normalized spacial score (nSPS) is 10.1. The van der Waals surface area contributed by atoms with Crippen LogP contribution in [0.5, 0.6) is 0 Å². The first-order valence-corrected chi connectivity index (χ1v) is 3.66. The van der Waals surface area contributed by atoms with Crippen LogP contribution in [0.15, 0.2) is 43.0 Å². The molecule has 1 aromatic carbocycles. The zero-order valence-corrected chi connectivity index (χ0v) is 6.37. The van der Waals surface area contributed by atoms with Crippen LogP contribution >= 0.6 is 0 Å². The highest BCUT2D eigenvalue weighted by molar-refractivity contribution is 5.22. The molecule has 0 radical (unpaired) electrons. The maximum atomic E-state index is 12.5. The average Bonchev–Trinajstić information content (AvgIpc) is 2.58. The number of aromatic nitrogens is 2. The highest BCUT2D eigenvalue weighted by Crippen LogP contribution is 2.00. The van der Waals surface area contributed by atoms with Gasteiger partial charge < -0.3 is 0 Å². The van der Waals surface area contributed by atoms with Crippen LogP contribution in [0, 0.1) is 5.82 Å². The number of imidazole rings is 1. The van der Waals surface area contributed by atoms with Gasteiger partial charge in [-0.3, -0.25) is 0 Å². The molecule has 2 nitrogen and oxygen atoms in total. The third-order valence-electron chi connectivity index (χ3n) is 1.67. The first-order valence-electron chi connectivity index (χ1n) is 3.66. The fourth-order valence-corrected chi connectivity index (χ4v) is 1.06. The van der Waals surface area contributed by atoms with Gasteiger partial charge in [0.05, 0.1) is 0 Å². The molecule has 12 heavy (non-hydrogen) atoms. The summed E-state index contributed by atoms with van der Waals surface area (Å²) >= 11 is 0. The van der Waals surface area contributed by atoms with Crippen LogP contribution < -0.4 is 4.57 Å². The number of nitrogens with zero attached hydrogens (tertiary/aromatic N) is 1.